The molecule has 0 amide bonds. The lowest BCUT2D eigenvalue weighted by Gasteiger charge is -2.13. The van der Waals surface area contributed by atoms with Gasteiger partial charge in [0.05, 0.1) is 11.8 Å². The van der Waals surface area contributed by atoms with E-state index in [4.69, 9.17) is 4.74 Å². The van der Waals surface area contributed by atoms with Crippen molar-refractivity contribution in [3.8, 4) is 5.75 Å². The normalized spacial score (nSPS) is 18.4. The fourth-order valence-electron chi connectivity index (χ4n) is 1.75. The molecular weight excluding hydrogens is 304 g/mol. The Hall–Kier alpha value is -0.720. The van der Waals surface area contributed by atoms with E-state index < -0.39 is 11.7 Å². The first-order valence-corrected chi connectivity index (χ1v) is 5.44. The highest BCUT2D eigenvalue weighted by Gasteiger charge is 2.31. The van der Waals surface area contributed by atoms with Crippen LogP contribution in [0.1, 0.15) is 18.4 Å². The minimum absolute atomic E-state index is 0. The smallest absolute Gasteiger partial charge is 0.418 e. The van der Waals surface area contributed by atoms with E-state index in [2.05, 4.69) is 10.3 Å². The Kier molecular flexibility index (Phi) is 7.47. The molecule has 2 heterocycles. The molecule has 110 valence electrons. The van der Waals surface area contributed by atoms with Gasteiger partial charge in [-0.2, -0.15) is 13.2 Å². The molecule has 0 aliphatic carbocycles. The number of rotatable bonds is 3. The van der Waals surface area contributed by atoms with Crippen LogP contribution >= 0.6 is 24.8 Å². The van der Waals surface area contributed by atoms with E-state index in [1.165, 1.54) is 6.20 Å². The lowest BCUT2D eigenvalue weighted by molar-refractivity contribution is -0.137. The zero-order valence-electron chi connectivity index (χ0n) is 9.94. The maximum atomic E-state index is 12.4. The van der Waals surface area contributed by atoms with Crippen LogP contribution < -0.4 is 10.1 Å². The highest BCUT2D eigenvalue weighted by atomic mass is 35.5. The summed E-state index contributed by atoms with van der Waals surface area (Å²) in [4.78, 5) is 3.53. The first-order valence-electron chi connectivity index (χ1n) is 5.44. The van der Waals surface area contributed by atoms with Crippen LogP contribution in [0.2, 0.25) is 0 Å². The molecule has 0 unspecified atom stereocenters. The third kappa shape index (κ3) is 5.42. The van der Waals surface area contributed by atoms with E-state index in [-0.39, 0.29) is 36.6 Å². The van der Waals surface area contributed by atoms with Crippen LogP contribution in [0.5, 0.6) is 5.75 Å². The molecule has 0 spiro atoms. The zero-order valence-corrected chi connectivity index (χ0v) is 11.6. The summed E-state index contributed by atoms with van der Waals surface area (Å²) in [6.45, 7) is 1.32. The first kappa shape index (κ1) is 18.3. The predicted octanol–water partition coefficient (Wildman–Crippen LogP) is 3.07. The lowest BCUT2D eigenvalue weighted by Crippen LogP contribution is -2.28. The minimum Gasteiger partial charge on any atom is -0.490 e. The van der Waals surface area contributed by atoms with Gasteiger partial charge >= 0.3 is 6.18 Å². The second kappa shape index (κ2) is 7.77. The topological polar surface area (TPSA) is 34.1 Å². The molecule has 1 N–H and O–H groups in total. The van der Waals surface area contributed by atoms with Crippen LogP contribution in [0, 0.1) is 0 Å². The Bertz CT molecular complexity index is 384. The van der Waals surface area contributed by atoms with Gasteiger partial charge in [0.2, 0.25) is 0 Å². The van der Waals surface area contributed by atoms with Crippen molar-refractivity contribution in [3.05, 3.63) is 24.0 Å². The van der Waals surface area contributed by atoms with Crippen LogP contribution in [0.4, 0.5) is 13.2 Å². The zero-order chi connectivity index (χ0) is 12.3. The van der Waals surface area contributed by atoms with E-state index in [0.717, 1.165) is 31.6 Å². The van der Waals surface area contributed by atoms with Gasteiger partial charge in [-0.1, -0.05) is 0 Å². The molecule has 19 heavy (non-hydrogen) atoms. The van der Waals surface area contributed by atoms with Crippen LogP contribution in [-0.2, 0) is 6.18 Å². The maximum absolute atomic E-state index is 12.4. The number of nitrogens with one attached hydrogen (secondary N) is 1. The molecule has 1 saturated heterocycles. The number of nitrogens with zero attached hydrogens (tertiary/aromatic N) is 1. The van der Waals surface area contributed by atoms with Gasteiger partial charge in [0.1, 0.15) is 12.4 Å². The number of aromatic nitrogens is 1. The molecule has 0 bridgehead atoms. The lowest BCUT2D eigenvalue weighted by atomic mass is 10.2. The summed E-state index contributed by atoms with van der Waals surface area (Å²) in [6.07, 6.45) is -0.218. The molecule has 3 nitrogen and oxygen atoms in total. The highest BCUT2D eigenvalue weighted by molar-refractivity contribution is 5.85. The Morgan fingerprint density at radius 1 is 1.32 bits per heavy atom. The summed E-state index contributed by atoms with van der Waals surface area (Å²) in [6, 6.07) is 1.20. The van der Waals surface area contributed by atoms with Crippen LogP contribution in [0.3, 0.4) is 0 Å². The molecule has 8 heteroatoms. The van der Waals surface area contributed by atoms with Gasteiger partial charge in [-0.25, -0.2) is 0 Å². The Morgan fingerprint density at radius 2 is 2.05 bits per heavy atom. The van der Waals surface area contributed by atoms with Crippen molar-refractivity contribution in [2.24, 2.45) is 0 Å². The first-order chi connectivity index (χ1) is 8.05. The van der Waals surface area contributed by atoms with Gasteiger partial charge < -0.3 is 10.1 Å². The minimum atomic E-state index is -4.38. The molecule has 0 radical (unpaired) electrons. The van der Waals surface area contributed by atoms with Gasteiger partial charge in [0.25, 0.3) is 0 Å². The Labute approximate surface area is 121 Å². The van der Waals surface area contributed by atoms with Crippen molar-refractivity contribution in [3.63, 3.8) is 0 Å². The molecule has 0 aromatic carbocycles. The van der Waals surface area contributed by atoms with Gasteiger partial charge in [-0.15, -0.1) is 24.8 Å². The fourth-order valence-corrected chi connectivity index (χ4v) is 1.75. The Morgan fingerprint density at radius 3 is 2.63 bits per heavy atom. The SMILES string of the molecule is Cl.Cl.FC(F)(F)c1cncc(OC[C@H]2CCCN2)c1. The number of hydrogen-bond donors (Lipinski definition) is 1. The number of ether oxygens (including phenoxy) is 1. The molecule has 1 aliphatic rings. The number of alkyl halides is 3. The van der Waals surface area contributed by atoms with Gasteiger partial charge in [0.15, 0.2) is 0 Å². The molecule has 1 aromatic heterocycles. The van der Waals surface area contributed by atoms with Gasteiger partial charge in [0, 0.05) is 12.2 Å². The van der Waals surface area contributed by atoms with Crippen molar-refractivity contribution < 1.29 is 17.9 Å². The second-order valence-corrected chi connectivity index (χ2v) is 4.01. The monoisotopic (exact) mass is 318 g/mol. The van der Waals surface area contributed by atoms with E-state index in [1.54, 1.807) is 0 Å². The standard InChI is InChI=1S/C11H13F3N2O.2ClH/c12-11(13,14)8-4-10(6-15-5-8)17-7-9-2-1-3-16-9;;/h4-6,9,16H,1-3,7H2;2*1H/t9-;;/m1../s1. The van der Waals surface area contributed by atoms with Crippen molar-refractivity contribution >= 4 is 24.8 Å². The maximum Gasteiger partial charge on any atom is 0.418 e. The summed E-state index contributed by atoms with van der Waals surface area (Å²) in [5, 5.41) is 3.20. The van der Waals surface area contributed by atoms with E-state index in [9.17, 15) is 13.2 Å². The average molecular weight is 319 g/mol. The summed E-state index contributed by atoms with van der Waals surface area (Å²) in [5.74, 6) is 0.161. The summed E-state index contributed by atoms with van der Waals surface area (Å²) in [5.41, 5.74) is -0.783. The molecule has 1 fully saturated rings. The van der Waals surface area contributed by atoms with Crippen LogP contribution in [-0.4, -0.2) is 24.2 Å². The summed E-state index contributed by atoms with van der Waals surface area (Å²) < 4.78 is 42.5. The number of hydrogen-bond acceptors (Lipinski definition) is 3. The van der Waals surface area contributed by atoms with Crippen molar-refractivity contribution in [1.29, 1.82) is 0 Å². The van der Waals surface area contributed by atoms with Gasteiger partial charge in [-0.3, -0.25) is 4.98 Å². The van der Waals surface area contributed by atoms with Crippen LogP contribution in [0.15, 0.2) is 18.5 Å². The van der Waals surface area contributed by atoms with E-state index in [1.807, 2.05) is 0 Å². The van der Waals surface area contributed by atoms with Gasteiger partial charge in [-0.05, 0) is 25.5 Å². The van der Waals surface area contributed by atoms with Crippen molar-refractivity contribution in [2.75, 3.05) is 13.2 Å². The summed E-state index contributed by atoms with van der Waals surface area (Å²) in [7, 11) is 0. The van der Waals surface area contributed by atoms with E-state index in [0.29, 0.717) is 6.61 Å². The quantitative estimate of drug-likeness (QED) is 0.930. The second-order valence-electron chi connectivity index (χ2n) is 4.01. The number of pyridine rings is 1. The molecule has 1 aromatic rings. The third-order valence-electron chi connectivity index (χ3n) is 2.65. The molecule has 1 aliphatic heterocycles. The third-order valence-corrected chi connectivity index (χ3v) is 2.65. The fraction of sp³-hybridized carbons (Fsp3) is 0.545. The number of halogens is 5. The molecular formula is C11H15Cl2F3N2O. The Balaban J connectivity index is 0.00000162. The largest absolute Gasteiger partial charge is 0.490 e. The average Bonchev–Trinajstić information content (AvgIpc) is 2.78. The van der Waals surface area contributed by atoms with E-state index >= 15 is 0 Å². The van der Waals surface area contributed by atoms with Crippen molar-refractivity contribution in [1.82, 2.24) is 10.3 Å². The molecule has 0 saturated carbocycles. The van der Waals surface area contributed by atoms with Crippen molar-refractivity contribution in [2.45, 2.75) is 25.1 Å². The summed E-state index contributed by atoms with van der Waals surface area (Å²) >= 11 is 0. The van der Waals surface area contributed by atoms with Crippen LogP contribution in [0.25, 0.3) is 0 Å². The highest BCUT2D eigenvalue weighted by Crippen LogP contribution is 2.30. The molecule has 1 atom stereocenters. The molecule has 2 rings (SSSR count). The predicted molar refractivity (Wildman–Crippen MR) is 70.3 cm³/mol.